The quantitative estimate of drug-likeness (QED) is 0.301. The molecule has 3 aromatic rings. The average molecular weight is 546 g/mol. The fourth-order valence-electron chi connectivity index (χ4n) is 3.28. The van der Waals surface area contributed by atoms with Crippen molar-refractivity contribution in [1.82, 2.24) is 0 Å². The van der Waals surface area contributed by atoms with Crippen molar-refractivity contribution < 1.29 is 23.9 Å². The summed E-state index contributed by atoms with van der Waals surface area (Å²) in [7, 11) is 0. The molecule has 0 atom stereocenters. The van der Waals surface area contributed by atoms with Gasteiger partial charge in [0, 0.05) is 25.9 Å². The second-order valence-corrected chi connectivity index (χ2v) is 8.31. The fourth-order valence-corrected chi connectivity index (χ4v) is 4.15. The first kappa shape index (κ1) is 21.2. The number of benzene rings is 3. The molecule has 154 valence electrons. The Kier molecular flexibility index (Phi) is 5.88. The summed E-state index contributed by atoms with van der Waals surface area (Å²) in [6.45, 7) is -0.534. The number of hydrogen-bond acceptors (Lipinski definition) is 5. The molecular formula is C23H13ClINO5. The molecule has 4 rings (SSSR count). The van der Waals surface area contributed by atoms with Gasteiger partial charge in [0.2, 0.25) is 0 Å². The molecule has 1 aliphatic rings. The molecule has 1 amide bonds. The van der Waals surface area contributed by atoms with E-state index in [9.17, 15) is 19.2 Å². The lowest BCUT2D eigenvalue weighted by Gasteiger charge is -2.19. The molecule has 0 heterocycles. The highest BCUT2D eigenvalue weighted by Gasteiger charge is 2.33. The lowest BCUT2D eigenvalue weighted by molar-refractivity contribution is -0.119. The van der Waals surface area contributed by atoms with Crippen LogP contribution in [0.4, 0.5) is 5.69 Å². The number of ether oxygens (including phenoxy) is 1. The third-order valence-electron chi connectivity index (χ3n) is 4.69. The smallest absolute Gasteiger partial charge is 0.340 e. The number of carbonyl (C=O) groups excluding carboxylic acids is 4. The number of halogens is 2. The van der Waals surface area contributed by atoms with Crippen LogP contribution in [0.15, 0.2) is 60.7 Å². The molecule has 6 nitrogen and oxygen atoms in total. The van der Waals surface area contributed by atoms with Gasteiger partial charge in [0.05, 0.1) is 16.1 Å². The van der Waals surface area contributed by atoms with E-state index in [0.29, 0.717) is 11.3 Å². The van der Waals surface area contributed by atoms with Gasteiger partial charge < -0.3 is 10.1 Å². The molecule has 8 heteroatoms. The van der Waals surface area contributed by atoms with Gasteiger partial charge in [0.15, 0.2) is 18.2 Å². The van der Waals surface area contributed by atoms with E-state index in [0.717, 1.165) is 3.57 Å². The molecule has 0 radical (unpaired) electrons. The van der Waals surface area contributed by atoms with Gasteiger partial charge in [0.1, 0.15) is 0 Å². The van der Waals surface area contributed by atoms with Gasteiger partial charge in [-0.1, -0.05) is 41.9 Å². The van der Waals surface area contributed by atoms with Crippen LogP contribution in [0.5, 0.6) is 0 Å². The molecule has 0 spiro atoms. The highest BCUT2D eigenvalue weighted by molar-refractivity contribution is 14.1. The highest BCUT2D eigenvalue weighted by atomic mass is 127. The summed E-state index contributed by atoms with van der Waals surface area (Å²) in [5.41, 5.74) is 1.08. The largest absolute Gasteiger partial charge is 0.452 e. The Morgan fingerprint density at radius 3 is 2.32 bits per heavy atom. The summed E-state index contributed by atoms with van der Waals surface area (Å²) in [4.78, 5) is 50.2. The number of esters is 1. The van der Waals surface area contributed by atoms with Gasteiger partial charge in [-0.25, -0.2) is 4.79 Å². The van der Waals surface area contributed by atoms with E-state index in [1.54, 1.807) is 36.4 Å². The zero-order valence-corrected chi connectivity index (χ0v) is 18.7. The summed E-state index contributed by atoms with van der Waals surface area (Å²) in [5.74, 6) is -2.18. The molecule has 1 N–H and O–H groups in total. The van der Waals surface area contributed by atoms with E-state index >= 15 is 0 Å². The van der Waals surface area contributed by atoms with Gasteiger partial charge in [-0.15, -0.1) is 0 Å². The van der Waals surface area contributed by atoms with E-state index in [4.69, 9.17) is 16.3 Å². The molecule has 0 unspecified atom stereocenters. The summed E-state index contributed by atoms with van der Waals surface area (Å²) < 4.78 is 6.00. The van der Waals surface area contributed by atoms with Crippen molar-refractivity contribution in [2.75, 3.05) is 11.9 Å². The standard InChI is InChI=1S/C23H13ClINO5/c24-20-17(23(30)31-11-18(27)26-13-5-3-4-12(25)10-13)9-8-16-19(20)22(29)15-7-2-1-6-14(15)21(16)28/h1-10H,11H2,(H,26,27). The van der Waals surface area contributed by atoms with Crippen LogP contribution in [0.1, 0.15) is 42.2 Å². The second kappa shape index (κ2) is 8.60. The third kappa shape index (κ3) is 4.11. The first-order chi connectivity index (χ1) is 14.9. The maximum absolute atomic E-state index is 12.9. The maximum atomic E-state index is 12.9. The van der Waals surface area contributed by atoms with Crippen LogP contribution in [0, 0.1) is 3.57 Å². The molecule has 31 heavy (non-hydrogen) atoms. The molecular weight excluding hydrogens is 533 g/mol. The molecule has 1 aliphatic carbocycles. The van der Waals surface area contributed by atoms with E-state index in [1.807, 2.05) is 6.07 Å². The van der Waals surface area contributed by atoms with Gasteiger partial charge in [-0.3, -0.25) is 14.4 Å². The summed E-state index contributed by atoms with van der Waals surface area (Å²) >= 11 is 8.45. The first-order valence-electron chi connectivity index (χ1n) is 9.10. The van der Waals surface area contributed by atoms with Crippen LogP contribution < -0.4 is 5.32 Å². The highest BCUT2D eigenvalue weighted by Crippen LogP contribution is 2.34. The van der Waals surface area contributed by atoms with Gasteiger partial charge in [0.25, 0.3) is 5.91 Å². The van der Waals surface area contributed by atoms with Crippen LogP contribution in [0.2, 0.25) is 5.02 Å². The SMILES string of the molecule is O=C(COC(=O)c1ccc2c(c1Cl)C(=O)c1ccccc1C2=O)Nc1cccc(I)c1. The Hall–Kier alpha value is -3.04. The minimum atomic E-state index is -0.871. The van der Waals surface area contributed by atoms with Crippen molar-refractivity contribution in [3.05, 3.63) is 97.1 Å². The normalized spacial score (nSPS) is 12.1. The Balaban J connectivity index is 1.53. The van der Waals surface area contributed by atoms with E-state index < -0.39 is 24.3 Å². The van der Waals surface area contributed by atoms with Crippen molar-refractivity contribution in [3.8, 4) is 0 Å². The Labute approximate surface area is 195 Å². The fraction of sp³-hybridized carbons (Fsp3) is 0.0435. The summed E-state index contributed by atoms with van der Waals surface area (Å²) in [6, 6.07) is 16.3. The molecule has 0 saturated carbocycles. The molecule has 0 saturated heterocycles. The molecule has 0 bridgehead atoms. The van der Waals surface area contributed by atoms with Crippen LogP contribution in [0.25, 0.3) is 0 Å². The summed E-state index contributed by atoms with van der Waals surface area (Å²) in [5, 5.41) is 2.45. The third-order valence-corrected chi connectivity index (χ3v) is 5.76. The van der Waals surface area contributed by atoms with Crippen LogP contribution >= 0.6 is 34.2 Å². The Morgan fingerprint density at radius 2 is 1.61 bits per heavy atom. The predicted octanol–water partition coefficient (Wildman–Crippen LogP) is 4.52. The number of fused-ring (bicyclic) bond motifs is 2. The lowest BCUT2D eigenvalue weighted by Crippen LogP contribution is -2.24. The summed E-state index contributed by atoms with van der Waals surface area (Å²) in [6.07, 6.45) is 0. The van der Waals surface area contributed by atoms with Crippen LogP contribution in [0.3, 0.4) is 0 Å². The minimum Gasteiger partial charge on any atom is -0.452 e. The minimum absolute atomic E-state index is 0.0388. The monoisotopic (exact) mass is 545 g/mol. The zero-order valence-electron chi connectivity index (χ0n) is 15.8. The predicted molar refractivity (Wildman–Crippen MR) is 123 cm³/mol. The average Bonchev–Trinajstić information content (AvgIpc) is 2.75. The van der Waals surface area contributed by atoms with Crippen molar-refractivity contribution in [2.45, 2.75) is 0 Å². The Bertz CT molecular complexity index is 1270. The first-order valence-corrected chi connectivity index (χ1v) is 10.6. The molecule has 3 aromatic carbocycles. The van der Waals surface area contributed by atoms with Gasteiger partial charge in [-0.05, 0) is 52.9 Å². The van der Waals surface area contributed by atoms with Crippen molar-refractivity contribution >= 4 is 63.3 Å². The van der Waals surface area contributed by atoms with Crippen molar-refractivity contribution in [1.29, 1.82) is 0 Å². The topological polar surface area (TPSA) is 89.5 Å². The number of carbonyl (C=O) groups is 4. The molecule has 0 aromatic heterocycles. The van der Waals surface area contributed by atoms with Crippen LogP contribution in [-0.2, 0) is 9.53 Å². The lowest BCUT2D eigenvalue weighted by atomic mass is 9.83. The molecule has 0 aliphatic heterocycles. The van der Waals surface area contributed by atoms with E-state index in [1.165, 1.54) is 18.2 Å². The second-order valence-electron chi connectivity index (χ2n) is 6.69. The number of nitrogens with one attached hydrogen (secondary N) is 1. The zero-order chi connectivity index (χ0) is 22.1. The number of hydrogen-bond donors (Lipinski definition) is 1. The van der Waals surface area contributed by atoms with E-state index in [2.05, 4.69) is 27.9 Å². The van der Waals surface area contributed by atoms with Gasteiger partial charge >= 0.3 is 5.97 Å². The number of anilines is 1. The number of ketones is 2. The number of rotatable bonds is 4. The van der Waals surface area contributed by atoms with Crippen LogP contribution in [-0.4, -0.2) is 30.0 Å². The van der Waals surface area contributed by atoms with Crippen molar-refractivity contribution in [3.63, 3.8) is 0 Å². The van der Waals surface area contributed by atoms with Crippen molar-refractivity contribution in [2.24, 2.45) is 0 Å². The molecule has 0 fully saturated rings. The number of amides is 1. The van der Waals surface area contributed by atoms with Gasteiger partial charge in [-0.2, -0.15) is 0 Å². The van der Waals surface area contributed by atoms with E-state index in [-0.39, 0.29) is 33.1 Å². The Morgan fingerprint density at radius 1 is 0.903 bits per heavy atom. The maximum Gasteiger partial charge on any atom is 0.340 e.